The van der Waals surface area contributed by atoms with Crippen LogP contribution in [0.2, 0.25) is 0 Å². The number of hydrogen-bond acceptors (Lipinski definition) is 5. The van der Waals surface area contributed by atoms with Crippen LogP contribution in [0.5, 0.6) is 0 Å². The second kappa shape index (κ2) is 6.90. The van der Waals surface area contributed by atoms with E-state index in [2.05, 4.69) is 5.32 Å². The van der Waals surface area contributed by atoms with Crippen LogP contribution in [0.25, 0.3) is 11.0 Å². The molecule has 1 aromatic carbocycles. The van der Waals surface area contributed by atoms with E-state index in [0.29, 0.717) is 29.9 Å². The maximum Gasteiger partial charge on any atom is 0.339 e. The molecule has 6 heteroatoms. The maximum atomic E-state index is 11.4. The van der Waals surface area contributed by atoms with Crippen LogP contribution in [-0.4, -0.2) is 30.2 Å². The summed E-state index contributed by atoms with van der Waals surface area (Å²) < 4.78 is 10.4. The average Bonchev–Trinajstić information content (AvgIpc) is 2.82. The van der Waals surface area contributed by atoms with Gasteiger partial charge in [0.1, 0.15) is 16.9 Å². The van der Waals surface area contributed by atoms with E-state index in [0.717, 1.165) is 0 Å². The third-order valence-electron chi connectivity index (χ3n) is 2.98. The third-order valence-corrected chi connectivity index (χ3v) is 2.98. The molecule has 21 heavy (non-hydrogen) atoms. The Kier molecular flexibility index (Phi) is 4.94. The highest BCUT2D eigenvalue weighted by molar-refractivity contribution is 6.03. The van der Waals surface area contributed by atoms with Crippen LogP contribution >= 0.6 is 0 Å². The Morgan fingerprint density at radius 3 is 2.81 bits per heavy atom. The van der Waals surface area contributed by atoms with Gasteiger partial charge in [0.25, 0.3) is 0 Å². The van der Waals surface area contributed by atoms with Gasteiger partial charge in [-0.15, -0.1) is 0 Å². The summed E-state index contributed by atoms with van der Waals surface area (Å²) in [5.74, 6) is -0.956. The van der Waals surface area contributed by atoms with Crippen LogP contribution in [0, 0.1) is 0 Å². The topological polar surface area (TPSA) is 88.8 Å². The Hall–Kier alpha value is -2.34. The van der Waals surface area contributed by atoms with E-state index in [-0.39, 0.29) is 24.5 Å². The third kappa shape index (κ3) is 3.61. The summed E-state index contributed by atoms with van der Waals surface area (Å²) in [6, 6.07) is 6.99. The number of nitrogens with one attached hydrogen (secondary N) is 1. The van der Waals surface area contributed by atoms with Gasteiger partial charge in [-0.05, 0) is 13.0 Å². The lowest BCUT2D eigenvalue weighted by Gasteiger charge is -2.03. The molecule has 1 aromatic heterocycles. The minimum Gasteiger partial charge on any atom is -0.478 e. The molecule has 2 N–H and O–H groups in total. The standard InChI is InChI=1S/C15H17NO5/c1-2-20-13(17)7-8-16-9-12-14(15(18)19)10-5-3-4-6-11(10)21-12/h3-6,16H,2,7-9H2,1H3,(H,18,19). The first kappa shape index (κ1) is 15.1. The van der Waals surface area contributed by atoms with E-state index in [9.17, 15) is 14.7 Å². The van der Waals surface area contributed by atoms with Gasteiger partial charge in [0, 0.05) is 11.9 Å². The van der Waals surface area contributed by atoms with Gasteiger partial charge in [-0.2, -0.15) is 0 Å². The minimum atomic E-state index is -1.03. The molecule has 2 rings (SSSR count). The average molecular weight is 291 g/mol. The van der Waals surface area contributed by atoms with Crippen molar-refractivity contribution < 1.29 is 23.8 Å². The molecule has 6 nitrogen and oxygen atoms in total. The fraction of sp³-hybridized carbons (Fsp3) is 0.333. The predicted octanol–water partition coefficient (Wildman–Crippen LogP) is 2.17. The van der Waals surface area contributed by atoms with Crippen molar-refractivity contribution in [3.8, 4) is 0 Å². The Morgan fingerprint density at radius 2 is 2.10 bits per heavy atom. The highest BCUT2D eigenvalue weighted by atomic mass is 16.5. The van der Waals surface area contributed by atoms with Crippen LogP contribution in [0.15, 0.2) is 28.7 Å². The zero-order valence-electron chi connectivity index (χ0n) is 11.7. The lowest BCUT2D eigenvalue weighted by atomic mass is 10.1. The molecule has 0 saturated carbocycles. The molecule has 0 saturated heterocycles. The van der Waals surface area contributed by atoms with Gasteiger partial charge < -0.3 is 19.6 Å². The number of carboxylic acids is 1. The number of aromatic carboxylic acids is 1. The van der Waals surface area contributed by atoms with Gasteiger partial charge in [0.2, 0.25) is 0 Å². The molecule has 0 spiro atoms. The van der Waals surface area contributed by atoms with Gasteiger partial charge in [-0.1, -0.05) is 18.2 Å². The number of hydrogen-bond donors (Lipinski definition) is 2. The van der Waals surface area contributed by atoms with Crippen LogP contribution in [0.1, 0.15) is 29.5 Å². The summed E-state index contributed by atoms with van der Waals surface area (Å²) in [6.07, 6.45) is 0.233. The van der Waals surface area contributed by atoms with E-state index in [4.69, 9.17) is 9.15 Å². The zero-order chi connectivity index (χ0) is 15.2. The number of carbonyl (C=O) groups is 2. The number of furan rings is 1. The molecular weight excluding hydrogens is 274 g/mol. The predicted molar refractivity (Wildman–Crippen MR) is 76.1 cm³/mol. The Labute approximate surface area is 121 Å². The molecular formula is C15H17NO5. The van der Waals surface area contributed by atoms with Crippen molar-refractivity contribution in [3.05, 3.63) is 35.6 Å². The molecule has 0 atom stereocenters. The van der Waals surface area contributed by atoms with Crippen LogP contribution in [-0.2, 0) is 16.1 Å². The van der Waals surface area contributed by atoms with Crippen molar-refractivity contribution in [1.29, 1.82) is 0 Å². The van der Waals surface area contributed by atoms with Gasteiger partial charge in [0.05, 0.1) is 19.6 Å². The largest absolute Gasteiger partial charge is 0.478 e. The summed E-state index contributed by atoms with van der Waals surface area (Å²) in [5, 5.41) is 12.9. The Balaban J connectivity index is 2.03. The van der Waals surface area contributed by atoms with Gasteiger partial charge >= 0.3 is 11.9 Å². The van der Waals surface area contributed by atoms with Gasteiger partial charge in [-0.3, -0.25) is 4.79 Å². The number of para-hydroxylation sites is 1. The van der Waals surface area contributed by atoms with E-state index in [1.165, 1.54) is 0 Å². The molecule has 112 valence electrons. The summed E-state index contributed by atoms with van der Waals surface area (Å²) in [5.41, 5.74) is 0.700. The highest BCUT2D eigenvalue weighted by Gasteiger charge is 2.19. The molecule has 0 unspecified atom stereocenters. The molecule has 0 amide bonds. The van der Waals surface area contributed by atoms with Crippen molar-refractivity contribution in [2.24, 2.45) is 0 Å². The Bertz CT molecular complexity index is 647. The van der Waals surface area contributed by atoms with Gasteiger partial charge in [0.15, 0.2) is 0 Å². The summed E-state index contributed by atoms with van der Waals surface area (Å²) in [4.78, 5) is 22.6. The number of rotatable bonds is 7. The molecule has 0 bridgehead atoms. The van der Waals surface area contributed by atoms with Gasteiger partial charge in [-0.25, -0.2) is 4.79 Å². The summed E-state index contributed by atoms with van der Waals surface area (Å²) in [7, 11) is 0. The first-order valence-electron chi connectivity index (χ1n) is 6.73. The van der Waals surface area contributed by atoms with E-state index in [1.54, 1.807) is 31.2 Å². The second-order valence-electron chi connectivity index (χ2n) is 4.43. The highest BCUT2D eigenvalue weighted by Crippen LogP contribution is 2.25. The van der Waals surface area contributed by atoms with Crippen LogP contribution in [0.3, 0.4) is 0 Å². The van der Waals surface area contributed by atoms with Crippen molar-refractivity contribution in [2.45, 2.75) is 19.9 Å². The summed E-state index contributed by atoms with van der Waals surface area (Å²) >= 11 is 0. The number of carbonyl (C=O) groups excluding carboxylic acids is 1. The van der Waals surface area contributed by atoms with E-state index in [1.807, 2.05) is 0 Å². The molecule has 0 aliphatic rings. The number of benzene rings is 1. The quantitative estimate of drug-likeness (QED) is 0.600. The van der Waals surface area contributed by atoms with Crippen molar-refractivity contribution in [2.75, 3.05) is 13.2 Å². The lowest BCUT2D eigenvalue weighted by Crippen LogP contribution is -2.19. The molecule has 0 fully saturated rings. The normalized spacial score (nSPS) is 10.7. The van der Waals surface area contributed by atoms with Crippen molar-refractivity contribution in [3.63, 3.8) is 0 Å². The van der Waals surface area contributed by atoms with Crippen LogP contribution in [0.4, 0.5) is 0 Å². The second-order valence-corrected chi connectivity index (χ2v) is 4.43. The van der Waals surface area contributed by atoms with Crippen LogP contribution < -0.4 is 5.32 Å². The van der Waals surface area contributed by atoms with E-state index >= 15 is 0 Å². The first-order valence-corrected chi connectivity index (χ1v) is 6.73. The number of ether oxygens (including phenoxy) is 1. The number of carboxylic acid groups (broad SMARTS) is 1. The monoisotopic (exact) mass is 291 g/mol. The fourth-order valence-corrected chi connectivity index (χ4v) is 2.08. The minimum absolute atomic E-state index is 0.161. The lowest BCUT2D eigenvalue weighted by molar-refractivity contribution is -0.142. The molecule has 2 aromatic rings. The molecule has 0 radical (unpaired) electrons. The molecule has 1 heterocycles. The van der Waals surface area contributed by atoms with Crippen molar-refractivity contribution in [1.82, 2.24) is 5.32 Å². The smallest absolute Gasteiger partial charge is 0.339 e. The SMILES string of the molecule is CCOC(=O)CCNCc1oc2ccccc2c1C(=O)O. The zero-order valence-corrected chi connectivity index (χ0v) is 11.7. The summed E-state index contributed by atoms with van der Waals surface area (Å²) in [6.45, 7) is 2.75. The fourth-order valence-electron chi connectivity index (χ4n) is 2.08. The number of fused-ring (bicyclic) bond motifs is 1. The Morgan fingerprint density at radius 1 is 1.33 bits per heavy atom. The maximum absolute atomic E-state index is 11.4. The molecule has 0 aliphatic carbocycles. The number of esters is 1. The van der Waals surface area contributed by atoms with Crippen molar-refractivity contribution >= 4 is 22.9 Å². The molecule has 0 aliphatic heterocycles. The first-order chi connectivity index (χ1) is 10.1. The van der Waals surface area contributed by atoms with E-state index < -0.39 is 5.97 Å².